The fourth-order valence-electron chi connectivity index (χ4n) is 1.75. The molecule has 4 heteroatoms. The molecule has 1 aromatic heterocycles. The van der Waals surface area contributed by atoms with E-state index in [9.17, 15) is 4.79 Å². The first-order valence-electron chi connectivity index (χ1n) is 5.34. The van der Waals surface area contributed by atoms with Crippen molar-refractivity contribution in [3.05, 3.63) is 28.7 Å². The Kier molecular flexibility index (Phi) is 3.36. The van der Waals surface area contributed by atoms with Gasteiger partial charge in [-0.05, 0) is 25.2 Å². The van der Waals surface area contributed by atoms with Crippen LogP contribution in [-0.2, 0) is 6.54 Å². The normalized spacial score (nSPS) is 20.5. The van der Waals surface area contributed by atoms with Crippen LogP contribution in [0.2, 0.25) is 0 Å². The van der Waals surface area contributed by atoms with Crippen molar-refractivity contribution in [2.75, 3.05) is 16.8 Å². The summed E-state index contributed by atoms with van der Waals surface area (Å²) in [6.45, 7) is 2.71. The maximum Gasteiger partial charge on any atom is 0.250 e. The van der Waals surface area contributed by atoms with Gasteiger partial charge in [-0.25, -0.2) is 0 Å². The number of aryl methyl sites for hydroxylation is 1. The third-order valence-corrected chi connectivity index (χ3v) is 3.79. The van der Waals surface area contributed by atoms with Gasteiger partial charge in [0.15, 0.2) is 0 Å². The van der Waals surface area contributed by atoms with Gasteiger partial charge in [0, 0.05) is 30.6 Å². The van der Waals surface area contributed by atoms with Gasteiger partial charge in [0.25, 0.3) is 5.56 Å². The number of hydrogen-bond donors (Lipinski definition) is 1. The van der Waals surface area contributed by atoms with Crippen LogP contribution in [0, 0.1) is 0 Å². The van der Waals surface area contributed by atoms with E-state index in [0.717, 1.165) is 12.2 Å². The van der Waals surface area contributed by atoms with Crippen LogP contribution in [-0.4, -0.2) is 22.1 Å². The van der Waals surface area contributed by atoms with Gasteiger partial charge >= 0.3 is 0 Å². The highest BCUT2D eigenvalue weighted by molar-refractivity contribution is 7.99. The molecule has 82 valence electrons. The van der Waals surface area contributed by atoms with Gasteiger partial charge in [-0.3, -0.25) is 4.79 Å². The second kappa shape index (κ2) is 4.75. The van der Waals surface area contributed by atoms with E-state index in [1.807, 2.05) is 30.9 Å². The number of anilines is 1. The molecule has 1 fully saturated rings. The zero-order chi connectivity index (χ0) is 10.7. The summed E-state index contributed by atoms with van der Waals surface area (Å²) in [5.74, 6) is 2.41. The third kappa shape index (κ3) is 2.56. The first-order valence-corrected chi connectivity index (χ1v) is 6.50. The Balaban J connectivity index is 2.11. The quantitative estimate of drug-likeness (QED) is 0.850. The Morgan fingerprint density at radius 1 is 1.60 bits per heavy atom. The van der Waals surface area contributed by atoms with Crippen LogP contribution in [0.25, 0.3) is 0 Å². The summed E-state index contributed by atoms with van der Waals surface area (Å²) in [4.78, 5) is 11.4. The van der Waals surface area contributed by atoms with Crippen molar-refractivity contribution in [3.63, 3.8) is 0 Å². The molecule has 1 unspecified atom stereocenters. The molecule has 0 bridgehead atoms. The van der Waals surface area contributed by atoms with Gasteiger partial charge in [0.2, 0.25) is 0 Å². The van der Waals surface area contributed by atoms with Crippen molar-refractivity contribution in [3.8, 4) is 0 Å². The molecule has 1 saturated heterocycles. The van der Waals surface area contributed by atoms with Crippen molar-refractivity contribution < 1.29 is 0 Å². The largest absolute Gasteiger partial charge is 0.380 e. The molecule has 0 saturated carbocycles. The topological polar surface area (TPSA) is 34.0 Å². The van der Waals surface area contributed by atoms with Crippen molar-refractivity contribution in [2.24, 2.45) is 0 Å². The Morgan fingerprint density at radius 2 is 2.47 bits per heavy atom. The first-order chi connectivity index (χ1) is 7.29. The lowest BCUT2D eigenvalue weighted by Crippen LogP contribution is -2.22. The summed E-state index contributed by atoms with van der Waals surface area (Å²) in [7, 11) is 0. The first kappa shape index (κ1) is 10.6. The summed E-state index contributed by atoms with van der Waals surface area (Å²) >= 11 is 1.98. The van der Waals surface area contributed by atoms with Crippen LogP contribution < -0.4 is 10.9 Å². The fourth-order valence-corrected chi connectivity index (χ4v) is 2.90. The van der Waals surface area contributed by atoms with E-state index in [1.165, 1.54) is 17.9 Å². The molecular weight excluding hydrogens is 208 g/mol. The molecule has 1 aliphatic heterocycles. The molecule has 0 amide bonds. The lowest BCUT2D eigenvalue weighted by atomic mass is 10.2. The molecule has 1 atom stereocenters. The number of hydrogen-bond acceptors (Lipinski definition) is 3. The van der Waals surface area contributed by atoms with Gasteiger partial charge < -0.3 is 9.88 Å². The Labute approximate surface area is 93.9 Å². The number of rotatable bonds is 3. The van der Waals surface area contributed by atoms with E-state index in [4.69, 9.17) is 0 Å². The molecule has 3 nitrogen and oxygen atoms in total. The zero-order valence-electron chi connectivity index (χ0n) is 8.90. The molecule has 0 aliphatic carbocycles. The Hall–Kier alpha value is -0.900. The highest BCUT2D eigenvalue weighted by Crippen LogP contribution is 2.20. The van der Waals surface area contributed by atoms with Crippen molar-refractivity contribution in [2.45, 2.75) is 25.9 Å². The van der Waals surface area contributed by atoms with Crippen LogP contribution in [0.15, 0.2) is 23.1 Å². The van der Waals surface area contributed by atoms with E-state index in [-0.39, 0.29) is 5.56 Å². The number of thioether (sulfide) groups is 1. The van der Waals surface area contributed by atoms with Gasteiger partial charge in [0.05, 0.1) is 5.69 Å². The van der Waals surface area contributed by atoms with Crippen LogP contribution >= 0.6 is 11.8 Å². The number of aromatic nitrogens is 1. The maximum absolute atomic E-state index is 11.4. The van der Waals surface area contributed by atoms with Gasteiger partial charge in [0.1, 0.15) is 0 Å². The zero-order valence-corrected chi connectivity index (χ0v) is 9.72. The molecule has 0 radical (unpaired) electrons. The molecular formula is C11H16N2OS. The number of pyridine rings is 1. The SMILES string of the molecule is CCn1cc(NC2CCSC2)ccc1=O. The minimum absolute atomic E-state index is 0.0730. The van der Waals surface area contributed by atoms with E-state index in [1.54, 1.807) is 10.6 Å². The minimum Gasteiger partial charge on any atom is -0.380 e. The predicted molar refractivity (Wildman–Crippen MR) is 65.7 cm³/mol. The molecule has 1 N–H and O–H groups in total. The molecule has 2 rings (SSSR count). The summed E-state index contributed by atoms with van der Waals surface area (Å²) in [6, 6.07) is 4.07. The molecule has 0 aromatic carbocycles. The average Bonchev–Trinajstić information content (AvgIpc) is 2.73. The molecule has 0 spiro atoms. The van der Waals surface area contributed by atoms with E-state index >= 15 is 0 Å². The molecule has 1 aromatic rings. The van der Waals surface area contributed by atoms with Crippen molar-refractivity contribution in [1.82, 2.24) is 4.57 Å². The highest BCUT2D eigenvalue weighted by atomic mass is 32.2. The number of nitrogens with zero attached hydrogens (tertiary/aromatic N) is 1. The lowest BCUT2D eigenvalue weighted by molar-refractivity contribution is 0.723. The van der Waals surface area contributed by atoms with Gasteiger partial charge in [-0.2, -0.15) is 11.8 Å². The average molecular weight is 224 g/mol. The summed E-state index contributed by atoms with van der Waals surface area (Å²) in [5, 5.41) is 3.46. The maximum atomic E-state index is 11.4. The van der Waals surface area contributed by atoms with Crippen LogP contribution in [0.4, 0.5) is 5.69 Å². The van der Waals surface area contributed by atoms with E-state index in [0.29, 0.717) is 6.04 Å². The predicted octanol–water partition coefficient (Wildman–Crippen LogP) is 1.79. The Bertz CT molecular complexity index is 382. The second-order valence-electron chi connectivity index (χ2n) is 3.75. The summed E-state index contributed by atoms with van der Waals surface area (Å²) in [6.07, 6.45) is 3.13. The van der Waals surface area contributed by atoms with Crippen LogP contribution in [0.3, 0.4) is 0 Å². The highest BCUT2D eigenvalue weighted by Gasteiger charge is 2.14. The van der Waals surface area contributed by atoms with Crippen LogP contribution in [0.5, 0.6) is 0 Å². The molecule has 1 aliphatic rings. The fraction of sp³-hybridized carbons (Fsp3) is 0.545. The second-order valence-corrected chi connectivity index (χ2v) is 4.90. The van der Waals surface area contributed by atoms with Crippen molar-refractivity contribution >= 4 is 17.4 Å². The third-order valence-electron chi connectivity index (χ3n) is 2.62. The smallest absolute Gasteiger partial charge is 0.250 e. The summed E-state index contributed by atoms with van der Waals surface area (Å²) in [5.41, 5.74) is 1.13. The lowest BCUT2D eigenvalue weighted by Gasteiger charge is -2.13. The van der Waals surface area contributed by atoms with Gasteiger partial charge in [-0.1, -0.05) is 0 Å². The van der Waals surface area contributed by atoms with Gasteiger partial charge in [-0.15, -0.1) is 0 Å². The molecule has 2 heterocycles. The standard InChI is InChI=1S/C11H16N2OS/c1-2-13-7-9(3-4-11(13)14)12-10-5-6-15-8-10/h3-4,7,10,12H,2,5-6,8H2,1H3. The monoisotopic (exact) mass is 224 g/mol. The van der Waals surface area contributed by atoms with Crippen molar-refractivity contribution in [1.29, 1.82) is 0 Å². The van der Waals surface area contributed by atoms with Crippen LogP contribution in [0.1, 0.15) is 13.3 Å². The molecule has 15 heavy (non-hydrogen) atoms. The summed E-state index contributed by atoms with van der Waals surface area (Å²) < 4.78 is 1.73. The Morgan fingerprint density at radius 3 is 3.13 bits per heavy atom. The van der Waals surface area contributed by atoms with E-state index < -0.39 is 0 Å². The van der Waals surface area contributed by atoms with E-state index in [2.05, 4.69) is 5.32 Å². The minimum atomic E-state index is 0.0730. The number of nitrogens with one attached hydrogen (secondary N) is 1.